The predicted molar refractivity (Wildman–Crippen MR) is 144 cm³/mol. The maximum atomic E-state index is 13.4. The lowest BCUT2D eigenvalue weighted by Gasteiger charge is -2.19. The second-order valence-corrected chi connectivity index (χ2v) is 11.3. The molecule has 2 aromatic heterocycles. The van der Waals surface area contributed by atoms with Crippen molar-refractivity contribution in [3.05, 3.63) is 82.6 Å². The molecule has 204 valence electrons. The van der Waals surface area contributed by atoms with E-state index in [1.54, 1.807) is 23.7 Å². The molecular formula is C26H25F3N6O2S2. The van der Waals surface area contributed by atoms with Crippen LogP contribution in [0.25, 0.3) is 5.69 Å². The minimum Gasteiger partial charge on any atom is -0.345 e. The molecular weight excluding hydrogens is 549 g/mol. The van der Waals surface area contributed by atoms with Gasteiger partial charge in [0.05, 0.1) is 23.5 Å². The molecule has 2 N–H and O–H groups in total. The number of halogens is 3. The lowest BCUT2D eigenvalue weighted by atomic mass is 9.87. The van der Waals surface area contributed by atoms with Crippen LogP contribution in [0.3, 0.4) is 0 Å². The number of amides is 2. The average Bonchev–Trinajstić information content (AvgIpc) is 3.55. The molecule has 0 unspecified atom stereocenters. The van der Waals surface area contributed by atoms with Crippen molar-refractivity contribution in [1.82, 2.24) is 25.1 Å². The van der Waals surface area contributed by atoms with Crippen LogP contribution in [-0.2, 0) is 22.9 Å². The molecule has 39 heavy (non-hydrogen) atoms. The van der Waals surface area contributed by atoms with Gasteiger partial charge in [0.15, 0.2) is 16.1 Å². The molecule has 8 nitrogen and oxygen atoms in total. The summed E-state index contributed by atoms with van der Waals surface area (Å²) in [6.45, 7) is 6.11. The molecule has 2 amide bonds. The Hall–Kier alpha value is -3.71. The number of rotatable bonds is 8. The molecule has 0 bridgehead atoms. The number of anilines is 1. The van der Waals surface area contributed by atoms with Crippen LogP contribution in [0.5, 0.6) is 0 Å². The fourth-order valence-corrected chi connectivity index (χ4v) is 4.86. The largest absolute Gasteiger partial charge is 0.416 e. The first-order valence-electron chi connectivity index (χ1n) is 11.7. The number of thiazole rings is 1. The zero-order chi connectivity index (χ0) is 28.2. The third-order valence-electron chi connectivity index (χ3n) is 5.56. The highest BCUT2D eigenvalue weighted by atomic mass is 32.2. The highest BCUT2D eigenvalue weighted by Crippen LogP contribution is 2.32. The van der Waals surface area contributed by atoms with Crippen LogP contribution >= 0.6 is 23.1 Å². The Morgan fingerprint density at radius 2 is 1.77 bits per heavy atom. The minimum atomic E-state index is -4.56. The van der Waals surface area contributed by atoms with Gasteiger partial charge in [-0.25, -0.2) is 4.98 Å². The van der Waals surface area contributed by atoms with E-state index < -0.39 is 11.7 Å². The third-order valence-corrected chi connectivity index (χ3v) is 7.18. The summed E-state index contributed by atoms with van der Waals surface area (Å²) >= 11 is 2.26. The molecule has 4 aromatic rings. The molecule has 13 heteroatoms. The summed E-state index contributed by atoms with van der Waals surface area (Å²) in [5.74, 6) is -0.603. The van der Waals surface area contributed by atoms with Gasteiger partial charge < -0.3 is 10.6 Å². The number of benzene rings is 2. The van der Waals surface area contributed by atoms with Crippen molar-refractivity contribution < 1.29 is 22.8 Å². The fraction of sp³-hybridized carbons (Fsp3) is 0.269. The maximum absolute atomic E-state index is 13.4. The first-order chi connectivity index (χ1) is 18.4. The Morgan fingerprint density at radius 1 is 1.03 bits per heavy atom. The molecule has 0 aliphatic heterocycles. The summed E-state index contributed by atoms with van der Waals surface area (Å²) in [7, 11) is 0. The van der Waals surface area contributed by atoms with E-state index in [0.717, 1.165) is 29.5 Å². The van der Waals surface area contributed by atoms with E-state index in [4.69, 9.17) is 0 Å². The van der Waals surface area contributed by atoms with Gasteiger partial charge in [0.25, 0.3) is 5.91 Å². The lowest BCUT2D eigenvalue weighted by Crippen LogP contribution is -2.25. The van der Waals surface area contributed by atoms with Gasteiger partial charge in [0.1, 0.15) is 0 Å². The quantitative estimate of drug-likeness (QED) is 0.262. The molecule has 0 fully saturated rings. The first kappa shape index (κ1) is 28.3. The summed E-state index contributed by atoms with van der Waals surface area (Å²) in [5.41, 5.74) is 0.740. The summed E-state index contributed by atoms with van der Waals surface area (Å²) in [4.78, 5) is 29.2. The molecule has 0 atom stereocenters. The van der Waals surface area contributed by atoms with Crippen molar-refractivity contribution in [2.75, 3.05) is 11.1 Å². The lowest BCUT2D eigenvalue weighted by molar-refractivity contribution is -0.137. The van der Waals surface area contributed by atoms with Crippen LogP contribution in [0.1, 0.15) is 48.1 Å². The van der Waals surface area contributed by atoms with Crippen molar-refractivity contribution in [2.24, 2.45) is 0 Å². The number of hydrogen-bond donors (Lipinski definition) is 2. The second kappa shape index (κ2) is 11.6. The Morgan fingerprint density at radius 3 is 2.41 bits per heavy atom. The molecule has 2 heterocycles. The predicted octanol–water partition coefficient (Wildman–Crippen LogP) is 5.70. The summed E-state index contributed by atoms with van der Waals surface area (Å²) in [5, 5.41) is 15.9. The van der Waals surface area contributed by atoms with Gasteiger partial charge in [0, 0.05) is 17.1 Å². The number of hydrogen-bond acceptors (Lipinski definition) is 7. The molecule has 0 saturated heterocycles. The smallest absolute Gasteiger partial charge is 0.345 e. The van der Waals surface area contributed by atoms with Gasteiger partial charge in [-0.05, 0) is 41.3 Å². The van der Waals surface area contributed by atoms with Crippen LogP contribution in [0.15, 0.2) is 65.3 Å². The molecule has 0 radical (unpaired) electrons. The zero-order valence-corrected chi connectivity index (χ0v) is 22.9. The average molecular weight is 575 g/mol. The number of nitrogens with zero attached hydrogens (tertiary/aromatic N) is 4. The number of alkyl halides is 3. The van der Waals surface area contributed by atoms with Crippen molar-refractivity contribution >= 4 is 40.0 Å². The number of thioether (sulfide) groups is 1. The van der Waals surface area contributed by atoms with Crippen LogP contribution in [0.4, 0.5) is 18.3 Å². The van der Waals surface area contributed by atoms with Crippen molar-refractivity contribution in [3.8, 4) is 5.69 Å². The summed E-state index contributed by atoms with van der Waals surface area (Å²) in [6.07, 6.45) is -3.00. The Bertz CT molecular complexity index is 1450. The van der Waals surface area contributed by atoms with Crippen molar-refractivity contribution in [1.29, 1.82) is 0 Å². The maximum Gasteiger partial charge on any atom is 0.416 e. The first-order valence-corrected chi connectivity index (χ1v) is 13.6. The molecule has 0 aliphatic rings. The van der Waals surface area contributed by atoms with Gasteiger partial charge in [0.2, 0.25) is 5.91 Å². The number of carbonyl (C=O) groups is 2. The van der Waals surface area contributed by atoms with Crippen LogP contribution < -0.4 is 10.6 Å². The fourth-order valence-electron chi connectivity index (χ4n) is 3.54. The van der Waals surface area contributed by atoms with Crippen molar-refractivity contribution in [3.63, 3.8) is 0 Å². The normalized spacial score (nSPS) is 11.8. The van der Waals surface area contributed by atoms with Gasteiger partial charge in [-0.1, -0.05) is 50.7 Å². The van der Waals surface area contributed by atoms with E-state index in [1.807, 2.05) is 12.1 Å². The molecule has 4 rings (SSSR count). The number of aromatic nitrogens is 4. The van der Waals surface area contributed by atoms with E-state index >= 15 is 0 Å². The Kier molecular flexibility index (Phi) is 8.40. The molecule has 0 saturated carbocycles. The van der Waals surface area contributed by atoms with Gasteiger partial charge in [-0.3, -0.25) is 14.2 Å². The number of carbonyl (C=O) groups excluding carboxylic acids is 2. The topological polar surface area (TPSA) is 102 Å². The van der Waals surface area contributed by atoms with E-state index in [0.29, 0.717) is 10.7 Å². The second-order valence-electron chi connectivity index (χ2n) is 9.47. The summed E-state index contributed by atoms with van der Waals surface area (Å²) < 4.78 is 41.7. The molecule has 2 aromatic carbocycles. The number of nitrogens with one attached hydrogen (secondary N) is 2. The van der Waals surface area contributed by atoms with Crippen LogP contribution in [-0.4, -0.2) is 37.3 Å². The SMILES string of the molecule is CC(C)(C)c1ccc(C(=O)NCc2nnc(SCC(=O)Nc3nccs3)n2-c2cccc(C(F)(F)F)c2)cc1. The highest BCUT2D eigenvalue weighted by molar-refractivity contribution is 7.99. The standard InChI is InChI=1S/C26H25F3N6O2S2/c1-25(2,3)17-9-7-16(8-10-17)22(37)31-14-20-33-34-24(39-15-21(36)32-23-30-11-12-38-23)35(20)19-6-4-5-18(13-19)26(27,28)29/h4-13H,14-15H2,1-3H3,(H,31,37)(H,30,32,36). The van der Waals surface area contributed by atoms with Crippen LogP contribution in [0, 0.1) is 0 Å². The van der Waals surface area contributed by atoms with E-state index in [1.165, 1.54) is 28.0 Å². The van der Waals surface area contributed by atoms with Crippen molar-refractivity contribution in [2.45, 2.75) is 44.1 Å². The van der Waals surface area contributed by atoms with Gasteiger partial charge in [-0.15, -0.1) is 21.5 Å². The van der Waals surface area contributed by atoms with E-state index in [2.05, 4.69) is 46.6 Å². The molecule has 0 aliphatic carbocycles. The van der Waals surface area contributed by atoms with Crippen LogP contribution in [0.2, 0.25) is 0 Å². The Balaban J connectivity index is 1.56. The van der Waals surface area contributed by atoms with Gasteiger partial charge >= 0.3 is 6.18 Å². The monoisotopic (exact) mass is 574 g/mol. The summed E-state index contributed by atoms with van der Waals surface area (Å²) in [6, 6.07) is 11.9. The van der Waals surface area contributed by atoms with Gasteiger partial charge in [-0.2, -0.15) is 13.2 Å². The third kappa shape index (κ3) is 7.24. The Labute approximate surface area is 231 Å². The molecule has 0 spiro atoms. The highest BCUT2D eigenvalue weighted by Gasteiger charge is 2.31. The zero-order valence-electron chi connectivity index (χ0n) is 21.2. The minimum absolute atomic E-state index is 0.0678. The van der Waals surface area contributed by atoms with E-state index in [-0.39, 0.29) is 46.2 Å². The van der Waals surface area contributed by atoms with E-state index in [9.17, 15) is 22.8 Å².